The summed E-state index contributed by atoms with van der Waals surface area (Å²) in [6.07, 6.45) is 8.81. The molecule has 0 aromatic carbocycles. The predicted octanol–water partition coefficient (Wildman–Crippen LogP) is 3.38. The van der Waals surface area contributed by atoms with Gasteiger partial charge in [0, 0.05) is 12.7 Å². The molecule has 1 aliphatic rings. The molecule has 1 unspecified atom stereocenters. The fraction of sp³-hybridized carbons (Fsp3) is 0.800. The minimum absolute atomic E-state index is 0.477. The SMILES string of the molecule is CCC1CCC(C(NC)c2ccnn2CC)CC1. The topological polar surface area (TPSA) is 29.9 Å². The van der Waals surface area contributed by atoms with Crippen molar-refractivity contribution in [1.29, 1.82) is 0 Å². The lowest BCUT2D eigenvalue weighted by molar-refractivity contribution is 0.218. The van der Waals surface area contributed by atoms with Crippen LogP contribution in [-0.4, -0.2) is 16.8 Å². The average molecular weight is 249 g/mol. The van der Waals surface area contributed by atoms with Gasteiger partial charge in [-0.15, -0.1) is 0 Å². The van der Waals surface area contributed by atoms with E-state index in [1.165, 1.54) is 37.8 Å². The van der Waals surface area contributed by atoms with Crippen molar-refractivity contribution in [3.63, 3.8) is 0 Å². The molecule has 0 spiro atoms. The lowest BCUT2D eigenvalue weighted by atomic mass is 9.77. The van der Waals surface area contributed by atoms with E-state index in [0.29, 0.717) is 6.04 Å². The maximum absolute atomic E-state index is 4.41. The van der Waals surface area contributed by atoms with E-state index in [9.17, 15) is 0 Å². The molecular weight excluding hydrogens is 222 g/mol. The first-order chi connectivity index (χ1) is 8.80. The molecule has 3 heteroatoms. The summed E-state index contributed by atoms with van der Waals surface area (Å²) in [6.45, 7) is 5.45. The number of rotatable bonds is 5. The third kappa shape index (κ3) is 2.77. The van der Waals surface area contributed by atoms with Crippen LogP contribution in [0.2, 0.25) is 0 Å². The number of hydrogen-bond acceptors (Lipinski definition) is 2. The molecule has 3 nitrogen and oxygen atoms in total. The zero-order valence-electron chi connectivity index (χ0n) is 12.0. The summed E-state index contributed by atoms with van der Waals surface area (Å²) in [5.41, 5.74) is 1.36. The van der Waals surface area contributed by atoms with Gasteiger partial charge in [-0.2, -0.15) is 5.10 Å². The fourth-order valence-corrected chi connectivity index (χ4v) is 3.43. The lowest BCUT2D eigenvalue weighted by Gasteiger charge is -2.33. The Morgan fingerprint density at radius 1 is 1.33 bits per heavy atom. The largest absolute Gasteiger partial charge is 0.311 e. The number of aromatic nitrogens is 2. The number of hydrogen-bond donors (Lipinski definition) is 1. The van der Waals surface area contributed by atoms with Crippen molar-refractivity contribution in [3.8, 4) is 0 Å². The molecule has 0 aliphatic heterocycles. The third-order valence-electron chi connectivity index (χ3n) is 4.62. The van der Waals surface area contributed by atoms with Gasteiger partial charge in [0.2, 0.25) is 0 Å². The molecule has 1 fully saturated rings. The summed E-state index contributed by atoms with van der Waals surface area (Å²) in [5.74, 6) is 1.75. The molecule has 1 aromatic heterocycles. The molecule has 1 N–H and O–H groups in total. The lowest BCUT2D eigenvalue weighted by Crippen LogP contribution is -2.30. The average Bonchev–Trinajstić information content (AvgIpc) is 2.89. The summed E-state index contributed by atoms with van der Waals surface area (Å²) in [5, 5.41) is 7.93. The van der Waals surface area contributed by atoms with Crippen LogP contribution in [0.5, 0.6) is 0 Å². The van der Waals surface area contributed by atoms with Gasteiger partial charge in [-0.25, -0.2) is 0 Å². The van der Waals surface area contributed by atoms with E-state index < -0.39 is 0 Å². The second-order valence-corrected chi connectivity index (χ2v) is 5.53. The highest BCUT2D eigenvalue weighted by Gasteiger charge is 2.28. The van der Waals surface area contributed by atoms with Gasteiger partial charge in [-0.3, -0.25) is 4.68 Å². The van der Waals surface area contributed by atoms with Crippen LogP contribution in [0.25, 0.3) is 0 Å². The molecule has 1 heterocycles. The van der Waals surface area contributed by atoms with E-state index in [1.807, 2.05) is 6.20 Å². The van der Waals surface area contributed by atoms with E-state index in [-0.39, 0.29) is 0 Å². The van der Waals surface area contributed by atoms with Crippen molar-refractivity contribution in [2.24, 2.45) is 11.8 Å². The van der Waals surface area contributed by atoms with Crippen molar-refractivity contribution in [3.05, 3.63) is 18.0 Å². The van der Waals surface area contributed by atoms with Crippen molar-refractivity contribution in [1.82, 2.24) is 15.1 Å². The van der Waals surface area contributed by atoms with Crippen LogP contribution in [0.3, 0.4) is 0 Å². The maximum Gasteiger partial charge on any atom is 0.0556 e. The molecule has 0 bridgehead atoms. The van der Waals surface area contributed by atoms with Crippen LogP contribution in [-0.2, 0) is 6.54 Å². The highest BCUT2D eigenvalue weighted by molar-refractivity contribution is 5.09. The first kappa shape index (κ1) is 13.6. The Kier molecular flexibility index (Phi) is 4.81. The summed E-state index contributed by atoms with van der Waals surface area (Å²) < 4.78 is 2.13. The van der Waals surface area contributed by atoms with Crippen molar-refractivity contribution >= 4 is 0 Å². The Morgan fingerprint density at radius 2 is 2.06 bits per heavy atom. The Morgan fingerprint density at radius 3 is 2.61 bits per heavy atom. The molecule has 102 valence electrons. The fourth-order valence-electron chi connectivity index (χ4n) is 3.43. The first-order valence-electron chi connectivity index (χ1n) is 7.49. The molecule has 1 saturated carbocycles. The second kappa shape index (κ2) is 6.37. The van der Waals surface area contributed by atoms with Crippen LogP contribution in [0.1, 0.15) is 57.7 Å². The Hall–Kier alpha value is -0.830. The summed E-state index contributed by atoms with van der Waals surface area (Å²) in [7, 11) is 2.09. The van der Waals surface area contributed by atoms with Crippen LogP contribution in [0, 0.1) is 11.8 Å². The monoisotopic (exact) mass is 249 g/mol. The Bertz CT molecular complexity index is 350. The van der Waals surface area contributed by atoms with E-state index in [4.69, 9.17) is 0 Å². The molecule has 1 aromatic rings. The summed E-state index contributed by atoms with van der Waals surface area (Å²) in [4.78, 5) is 0. The number of nitrogens with zero attached hydrogens (tertiary/aromatic N) is 2. The molecular formula is C15H27N3. The van der Waals surface area contributed by atoms with Crippen LogP contribution >= 0.6 is 0 Å². The van der Waals surface area contributed by atoms with E-state index in [1.54, 1.807) is 0 Å². The molecule has 2 rings (SSSR count). The zero-order valence-corrected chi connectivity index (χ0v) is 12.0. The minimum Gasteiger partial charge on any atom is -0.311 e. The quantitative estimate of drug-likeness (QED) is 0.867. The van der Waals surface area contributed by atoms with Gasteiger partial charge < -0.3 is 5.32 Å². The van der Waals surface area contributed by atoms with E-state index >= 15 is 0 Å². The highest BCUT2D eigenvalue weighted by Crippen LogP contribution is 2.37. The van der Waals surface area contributed by atoms with Crippen molar-refractivity contribution in [2.75, 3.05) is 7.05 Å². The Labute approximate surface area is 111 Å². The molecule has 1 atom stereocenters. The first-order valence-corrected chi connectivity index (χ1v) is 7.49. The molecule has 0 saturated heterocycles. The summed E-state index contributed by atoms with van der Waals surface area (Å²) >= 11 is 0. The normalized spacial score (nSPS) is 26.2. The van der Waals surface area contributed by atoms with Gasteiger partial charge in [0.1, 0.15) is 0 Å². The van der Waals surface area contributed by atoms with Crippen LogP contribution in [0.15, 0.2) is 12.3 Å². The zero-order chi connectivity index (χ0) is 13.0. The molecule has 1 aliphatic carbocycles. The molecule has 18 heavy (non-hydrogen) atoms. The predicted molar refractivity (Wildman–Crippen MR) is 75.4 cm³/mol. The molecule has 0 radical (unpaired) electrons. The van der Waals surface area contributed by atoms with Gasteiger partial charge in [0.15, 0.2) is 0 Å². The van der Waals surface area contributed by atoms with Gasteiger partial charge in [-0.05, 0) is 44.7 Å². The van der Waals surface area contributed by atoms with Gasteiger partial charge in [0.05, 0.1) is 11.7 Å². The number of nitrogens with one attached hydrogen (secondary N) is 1. The minimum atomic E-state index is 0.477. The van der Waals surface area contributed by atoms with Gasteiger partial charge >= 0.3 is 0 Å². The highest BCUT2D eigenvalue weighted by atomic mass is 15.3. The van der Waals surface area contributed by atoms with Crippen LogP contribution < -0.4 is 5.32 Å². The standard InChI is InChI=1S/C15H27N3/c1-4-12-6-8-13(9-7-12)15(16-3)14-10-11-17-18(14)5-2/h10-13,15-16H,4-9H2,1-3H3. The van der Waals surface area contributed by atoms with E-state index in [0.717, 1.165) is 18.4 Å². The molecule has 0 amide bonds. The maximum atomic E-state index is 4.41. The van der Waals surface area contributed by atoms with E-state index in [2.05, 4.69) is 42.1 Å². The Balaban J connectivity index is 2.05. The third-order valence-corrected chi connectivity index (χ3v) is 4.62. The van der Waals surface area contributed by atoms with Crippen molar-refractivity contribution < 1.29 is 0 Å². The van der Waals surface area contributed by atoms with Crippen molar-refractivity contribution in [2.45, 2.75) is 58.5 Å². The number of aryl methyl sites for hydroxylation is 1. The smallest absolute Gasteiger partial charge is 0.0556 e. The second-order valence-electron chi connectivity index (χ2n) is 5.53. The summed E-state index contributed by atoms with van der Waals surface area (Å²) in [6, 6.07) is 2.65. The van der Waals surface area contributed by atoms with Gasteiger partial charge in [0.25, 0.3) is 0 Å². The van der Waals surface area contributed by atoms with Crippen LogP contribution in [0.4, 0.5) is 0 Å². The van der Waals surface area contributed by atoms with Gasteiger partial charge in [-0.1, -0.05) is 26.2 Å².